The van der Waals surface area contributed by atoms with Gasteiger partial charge in [0.15, 0.2) is 0 Å². The van der Waals surface area contributed by atoms with Crippen molar-refractivity contribution in [3.8, 4) is 10.6 Å². The highest BCUT2D eigenvalue weighted by Gasteiger charge is 2.06. The molecule has 102 valence electrons. The minimum absolute atomic E-state index is 0.480. The van der Waals surface area contributed by atoms with E-state index < -0.39 is 0 Å². The third-order valence-corrected chi connectivity index (χ3v) is 4.42. The largest absolute Gasteiger partial charge is 0.300 e. The third kappa shape index (κ3) is 3.78. The number of benzene rings is 1. The van der Waals surface area contributed by atoms with Crippen LogP contribution in [0.15, 0.2) is 29.6 Å². The fourth-order valence-electron chi connectivity index (χ4n) is 1.72. The van der Waals surface area contributed by atoms with E-state index in [0.29, 0.717) is 11.9 Å². The van der Waals surface area contributed by atoms with E-state index in [0.717, 1.165) is 22.8 Å². The van der Waals surface area contributed by atoms with Gasteiger partial charge in [-0.2, -0.15) is 0 Å². The highest BCUT2D eigenvalue weighted by Crippen LogP contribution is 2.24. The van der Waals surface area contributed by atoms with Crippen molar-refractivity contribution in [1.29, 1.82) is 0 Å². The molecule has 0 aliphatic carbocycles. The van der Waals surface area contributed by atoms with Gasteiger partial charge < -0.3 is 0 Å². The Hall–Kier alpha value is -0.900. The van der Waals surface area contributed by atoms with E-state index in [9.17, 15) is 0 Å². The van der Waals surface area contributed by atoms with Crippen LogP contribution in [-0.2, 0) is 12.4 Å². The molecule has 0 bridgehead atoms. The van der Waals surface area contributed by atoms with Crippen molar-refractivity contribution in [3.63, 3.8) is 0 Å². The lowest BCUT2D eigenvalue weighted by atomic mass is 10.1. The van der Waals surface area contributed by atoms with Crippen LogP contribution in [0, 0.1) is 0 Å². The van der Waals surface area contributed by atoms with Crippen LogP contribution >= 0.6 is 22.9 Å². The van der Waals surface area contributed by atoms with E-state index in [4.69, 9.17) is 11.6 Å². The Kier molecular flexibility index (Phi) is 4.97. The van der Waals surface area contributed by atoms with E-state index in [1.165, 1.54) is 5.56 Å². The first kappa shape index (κ1) is 14.5. The molecule has 19 heavy (non-hydrogen) atoms. The zero-order valence-corrected chi connectivity index (χ0v) is 13.1. The zero-order valence-electron chi connectivity index (χ0n) is 11.6. The van der Waals surface area contributed by atoms with E-state index in [2.05, 4.69) is 55.0 Å². The zero-order chi connectivity index (χ0) is 13.8. The van der Waals surface area contributed by atoms with E-state index in [1.807, 2.05) is 5.38 Å². The van der Waals surface area contributed by atoms with Crippen LogP contribution in [0.5, 0.6) is 0 Å². The average molecular weight is 295 g/mol. The van der Waals surface area contributed by atoms with Crippen LogP contribution in [0.2, 0.25) is 0 Å². The molecule has 1 heterocycles. The smallest absolute Gasteiger partial charge is 0.123 e. The summed E-state index contributed by atoms with van der Waals surface area (Å²) < 4.78 is 0. The first-order valence-electron chi connectivity index (χ1n) is 6.40. The summed E-state index contributed by atoms with van der Waals surface area (Å²) in [7, 11) is 2.14. The normalized spacial score (nSPS) is 11.5. The molecule has 0 N–H and O–H groups in total. The van der Waals surface area contributed by atoms with Gasteiger partial charge in [-0.25, -0.2) is 4.98 Å². The van der Waals surface area contributed by atoms with Gasteiger partial charge in [0.05, 0.1) is 11.6 Å². The SMILES string of the molecule is CC(C)N(C)Cc1ccc(-c2nc(CCl)cs2)cc1. The molecule has 0 atom stereocenters. The second kappa shape index (κ2) is 6.51. The Morgan fingerprint density at radius 3 is 2.47 bits per heavy atom. The molecule has 0 saturated heterocycles. The van der Waals surface area contributed by atoms with Crippen molar-refractivity contribution in [2.24, 2.45) is 0 Å². The summed E-state index contributed by atoms with van der Waals surface area (Å²) in [6, 6.07) is 9.19. The molecule has 0 aliphatic heterocycles. The van der Waals surface area contributed by atoms with E-state index in [1.54, 1.807) is 11.3 Å². The van der Waals surface area contributed by atoms with Gasteiger partial charge in [-0.05, 0) is 26.5 Å². The fourth-order valence-corrected chi connectivity index (χ4v) is 2.78. The van der Waals surface area contributed by atoms with Crippen LogP contribution in [0.4, 0.5) is 0 Å². The lowest BCUT2D eigenvalue weighted by Gasteiger charge is -2.20. The van der Waals surface area contributed by atoms with Crippen molar-refractivity contribution >= 4 is 22.9 Å². The fraction of sp³-hybridized carbons (Fsp3) is 0.400. The van der Waals surface area contributed by atoms with Crippen molar-refractivity contribution in [2.75, 3.05) is 7.05 Å². The Labute approximate surface area is 124 Å². The van der Waals surface area contributed by atoms with Gasteiger partial charge in [-0.15, -0.1) is 22.9 Å². The molecule has 0 aliphatic rings. The second-order valence-corrected chi connectivity index (χ2v) is 6.11. The molecule has 4 heteroatoms. The van der Waals surface area contributed by atoms with Gasteiger partial charge in [0, 0.05) is 23.5 Å². The first-order valence-corrected chi connectivity index (χ1v) is 7.81. The standard InChI is InChI=1S/C15H19ClN2S/c1-11(2)18(3)9-12-4-6-13(7-5-12)15-17-14(8-16)10-19-15/h4-7,10-11H,8-9H2,1-3H3. The number of hydrogen-bond acceptors (Lipinski definition) is 3. The number of aromatic nitrogens is 1. The van der Waals surface area contributed by atoms with Gasteiger partial charge in [-0.3, -0.25) is 4.90 Å². The first-order chi connectivity index (χ1) is 9.10. The summed E-state index contributed by atoms with van der Waals surface area (Å²) in [5.41, 5.74) is 3.44. The van der Waals surface area contributed by atoms with Crippen molar-refractivity contribution < 1.29 is 0 Å². The Bertz CT molecular complexity index is 519. The van der Waals surface area contributed by atoms with Crippen LogP contribution in [0.3, 0.4) is 0 Å². The van der Waals surface area contributed by atoms with E-state index in [-0.39, 0.29) is 0 Å². The summed E-state index contributed by atoms with van der Waals surface area (Å²) in [6.07, 6.45) is 0. The molecule has 2 nitrogen and oxygen atoms in total. The maximum atomic E-state index is 5.78. The lowest BCUT2D eigenvalue weighted by Crippen LogP contribution is -2.25. The molecule has 0 radical (unpaired) electrons. The van der Waals surface area contributed by atoms with Crippen molar-refractivity contribution in [3.05, 3.63) is 40.9 Å². The predicted octanol–water partition coefficient (Wildman–Crippen LogP) is 4.39. The van der Waals surface area contributed by atoms with Crippen LogP contribution in [0.25, 0.3) is 10.6 Å². The molecular weight excluding hydrogens is 276 g/mol. The van der Waals surface area contributed by atoms with Gasteiger partial charge in [0.2, 0.25) is 0 Å². The van der Waals surface area contributed by atoms with Crippen LogP contribution in [-0.4, -0.2) is 23.0 Å². The summed E-state index contributed by atoms with van der Waals surface area (Å²) in [6.45, 7) is 5.39. The quantitative estimate of drug-likeness (QED) is 0.760. The molecule has 0 amide bonds. The summed E-state index contributed by atoms with van der Waals surface area (Å²) in [4.78, 5) is 6.82. The lowest BCUT2D eigenvalue weighted by molar-refractivity contribution is 0.266. The maximum absolute atomic E-state index is 5.78. The van der Waals surface area contributed by atoms with Crippen LogP contribution in [0.1, 0.15) is 25.1 Å². The summed E-state index contributed by atoms with van der Waals surface area (Å²) >= 11 is 7.42. The molecule has 0 spiro atoms. The molecule has 0 saturated carbocycles. The second-order valence-electron chi connectivity index (χ2n) is 4.98. The van der Waals surface area contributed by atoms with Gasteiger partial charge in [-0.1, -0.05) is 24.3 Å². The highest BCUT2D eigenvalue weighted by atomic mass is 35.5. The summed E-state index contributed by atoms with van der Waals surface area (Å²) in [5, 5.41) is 3.06. The molecule has 2 aromatic rings. The molecule has 2 rings (SSSR count). The Morgan fingerprint density at radius 1 is 1.26 bits per heavy atom. The number of rotatable bonds is 5. The van der Waals surface area contributed by atoms with Gasteiger partial charge in [0.25, 0.3) is 0 Å². The minimum atomic E-state index is 0.480. The molecule has 0 fully saturated rings. The number of alkyl halides is 1. The van der Waals surface area contributed by atoms with Crippen LogP contribution < -0.4 is 0 Å². The molecule has 1 aromatic heterocycles. The van der Waals surface area contributed by atoms with Crippen molar-refractivity contribution in [1.82, 2.24) is 9.88 Å². The molecule has 0 unspecified atom stereocenters. The predicted molar refractivity (Wildman–Crippen MR) is 83.7 cm³/mol. The molecule has 1 aromatic carbocycles. The average Bonchev–Trinajstić information content (AvgIpc) is 2.88. The molecular formula is C15H19ClN2S. The monoisotopic (exact) mass is 294 g/mol. The summed E-state index contributed by atoms with van der Waals surface area (Å²) in [5.74, 6) is 0.480. The highest BCUT2D eigenvalue weighted by molar-refractivity contribution is 7.13. The Balaban J connectivity index is 2.09. The third-order valence-electron chi connectivity index (χ3n) is 3.20. The number of hydrogen-bond donors (Lipinski definition) is 0. The maximum Gasteiger partial charge on any atom is 0.123 e. The minimum Gasteiger partial charge on any atom is -0.300 e. The van der Waals surface area contributed by atoms with Gasteiger partial charge in [0.1, 0.15) is 5.01 Å². The number of nitrogens with zero attached hydrogens (tertiary/aromatic N) is 2. The van der Waals surface area contributed by atoms with E-state index >= 15 is 0 Å². The topological polar surface area (TPSA) is 16.1 Å². The number of thiazole rings is 1. The van der Waals surface area contributed by atoms with Gasteiger partial charge >= 0.3 is 0 Å². The van der Waals surface area contributed by atoms with Crippen molar-refractivity contribution in [2.45, 2.75) is 32.3 Å². The Morgan fingerprint density at radius 2 is 1.95 bits per heavy atom. The number of halogens is 1.